The van der Waals surface area contributed by atoms with Crippen LogP contribution in [0, 0.1) is 31.1 Å². The zero-order valence-corrected chi connectivity index (χ0v) is 15.8. The maximum atomic E-state index is 12.1. The largest absolute Gasteiger partial charge is 0.464 e. The van der Waals surface area contributed by atoms with Gasteiger partial charge in [0, 0.05) is 10.9 Å². The Morgan fingerprint density at radius 1 is 1.35 bits per heavy atom. The van der Waals surface area contributed by atoms with E-state index in [0.717, 1.165) is 27.7 Å². The molecule has 0 spiro atoms. The molecule has 1 aromatic heterocycles. The van der Waals surface area contributed by atoms with Gasteiger partial charge in [0.15, 0.2) is 6.61 Å². The molecule has 6 nitrogen and oxygen atoms in total. The van der Waals surface area contributed by atoms with Crippen LogP contribution in [0.15, 0.2) is 22.8 Å². The van der Waals surface area contributed by atoms with Crippen molar-refractivity contribution >= 4 is 22.8 Å². The summed E-state index contributed by atoms with van der Waals surface area (Å²) in [6.07, 6.45) is 1.56. The highest BCUT2D eigenvalue weighted by atomic mass is 16.5. The van der Waals surface area contributed by atoms with Gasteiger partial charge in [-0.3, -0.25) is 9.59 Å². The predicted octanol–water partition coefficient (Wildman–Crippen LogP) is 3.19. The van der Waals surface area contributed by atoms with Crippen LogP contribution in [0.1, 0.15) is 37.5 Å². The Hall–Kier alpha value is -2.81. The number of hydrogen-bond acceptors (Lipinski definition) is 5. The summed E-state index contributed by atoms with van der Waals surface area (Å²) in [5.74, 6) is -1.10. The fourth-order valence-electron chi connectivity index (χ4n) is 2.50. The van der Waals surface area contributed by atoms with E-state index in [1.54, 1.807) is 13.2 Å². The van der Waals surface area contributed by atoms with Gasteiger partial charge in [-0.15, -0.1) is 0 Å². The van der Waals surface area contributed by atoms with Crippen molar-refractivity contribution in [3.05, 3.63) is 35.1 Å². The molecular formula is C20H24N2O4. The Balaban J connectivity index is 1.97. The zero-order valence-electron chi connectivity index (χ0n) is 15.8. The standard InChI is InChI=1S/C20H24N2O4/c1-12(2)20(5,11-21)22-17(23)10-25-18(24)8-15-9-26-19-14(4)13(3)6-7-16(15)19/h6-7,9,12H,8,10H2,1-5H3,(H,22,23)/t20-/m0/s1. The SMILES string of the molecule is Cc1ccc2c(CC(=O)OCC(=O)N[C@@](C)(C#N)C(C)C)coc2c1C. The molecule has 1 heterocycles. The number of furan rings is 1. The van der Waals surface area contributed by atoms with Gasteiger partial charge in [-0.25, -0.2) is 0 Å². The van der Waals surface area contributed by atoms with Gasteiger partial charge in [-0.1, -0.05) is 26.0 Å². The number of carbonyl (C=O) groups is 2. The molecule has 26 heavy (non-hydrogen) atoms. The van der Waals surface area contributed by atoms with Crippen molar-refractivity contribution in [3.63, 3.8) is 0 Å². The Kier molecular flexibility index (Phi) is 5.71. The van der Waals surface area contributed by atoms with Crippen molar-refractivity contribution in [2.24, 2.45) is 5.92 Å². The summed E-state index contributed by atoms with van der Waals surface area (Å²) in [5, 5.41) is 12.7. The Labute approximate surface area is 153 Å². The average Bonchev–Trinajstić information content (AvgIpc) is 2.99. The molecule has 0 bridgehead atoms. The summed E-state index contributed by atoms with van der Waals surface area (Å²) in [4.78, 5) is 24.0. The van der Waals surface area contributed by atoms with Crippen LogP contribution in [0.3, 0.4) is 0 Å². The molecule has 0 radical (unpaired) electrons. The molecule has 6 heteroatoms. The third-order valence-electron chi connectivity index (χ3n) is 4.83. The summed E-state index contributed by atoms with van der Waals surface area (Å²) < 4.78 is 10.6. The van der Waals surface area contributed by atoms with Crippen molar-refractivity contribution in [1.82, 2.24) is 5.32 Å². The molecule has 1 amide bonds. The highest BCUT2D eigenvalue weighted by molar-refractivity contribution is 5.89. The first kappa shape index (κ1) is 19.5. The van der Waals surface area contributed by atoms with E-state index in [2.05, 4.69) is 11.4 Å². The molecule has 0 fully saturated rings. The highest BCUT2D eigenvalue weighted by Gasteiger charge is 2.30. The lowest BCUT2D eigenvalue weighted by Crippen LogP contribution is -2.50. The van der Waals surface area contributed by atoms with E-state index >= 15 is 0 Å². The number of fused-ring (bicyclic) bond motifs is 1. The van der Waals surface area contributed by atoms with Gasteiger partial charge >= 0.3 is 5.97 Å². The summed E-state index contributed by atoms with van der Waals surface area (Å²) >= 11 is 0. The van der Waals surface area contributed by atoms with Crippen molar-refractivity contribution in [3.8, 4) is 6.07 Å². The zero-order chi connectivity index (χ0) is 19.5. The van der Waals surface area contributed by atoms with Gasteiger partial charge in [-0.2, -0.15) is 5.26 Å². The molecule has 1 atom stereocenters. The first-order valence-electron chi connectivity index (χ1n) is 8.52. The third kappa shape index (κ3) is 4.05. The summed E-state index contributed by atoms with van der Waals surface area (Å²) in [6, 6.07) is 5.97. The molecule has 0 unspecified atom stereocenters. The van der Waals surface area contributed by atoms with Crippen LogP contribution in [-0.2, 0) is 20.7 Å². The topological polar surface area (TPSA) is 92.3 Å². The minimum atomic E-state index is -1.00. The minimum Gasteiger partial charge on any atom is -0.464 e. The Morgan fingerprint density at radius 3 is 2.65 bits per heavy atom. The number of aryl methyl sites for hydroxylation is 2. The van der Waals surface area contributed by atoms with E-state index in [1.165, 1.54) is 0 Å². The maximum absolute atomic E-state index is 12.1. The summed E-state index contributed by atoms with van der Waals surface area (Å²) in [7, 11) is 0. The first-order chi connectivity index (χ1) is 12.2. The number of benzene rings is 1. The second-order valence-electron chi connectivity index (χ2n) is 7.00. The van der Waals surface area contributed by atoms with Gasteiger partial charge in [-0.05, 0) is 37.8 Å². The van der Waals surface area contributed by atoms with Crippen LogP contribution in [0.2, 0.25) is 0 Å². The molecule has 0 aliphatic carbocycles. The van der Waals surface area contributed by atoms with Crippen LogP contribution < -0.4 is 5.32 Å². The van der Waals surface area contributed by atoms with Crippen LogP contribution in [0.4, 0.5) is 0 Å². The second kappa shape index (κ2) is 7.61. The molecule has 138 valence electrons. The molecule has 0 aliphatic heterocycles. The fraction of sp³-hybridized carbons (Fsp3) is 0.450. The molecule has 2 rings (SSSR count). The number of hydrogen-bond donors (Lipinski definition) is 1. The van der Waals surface area contributed by atoms with Gasteiger partial charge in [0.2, 0.25) is 0 Å². The Morgan fingerprint density at radius 2 is 2.04 bits per heavy atom. The van der Waals surface area contributed by atoms with Gasteiger partial charge in [0.25, 0.3) is 5.91 Å². The molecule has 0 aliphatic rings. The second-order valence-corrected chi connectivity index (χ2v) is 7.00. The number of nitrogens with one attached hydrogen (secondary N) is 1. The highest BCUT2D eigenvalue weighted by Crippen LogP contribution is 2.26. The quantitative estimate of drug-likeness (QED) is 0.803. The van der Waals surface area contributed by atoms with Crippen molar-refractivity contribution in [2.45, 2.75) is 46.6 Å². The lowest BCUT2D eigenvalue weighted by molar-refractivity contribution is -0.148. The lowest BCUT2D eigenvalue weighted by atomic mass is 9.90. The Bertz CT molecular complexity index is 876. The molecule has 2 aromatic rings. The van der Waals surface area contributed by atoms with Crippen LogP contribution in [-0.4, -0.2) is 24.0 Å². The summed E-state index contributed by atoms with van der Waals surface area (Å²) in [6.45, 7) is 8.85. The smallest absolute Gasteiger partial charge is 0.310 e. The number of ether oxygens (including phenoxy) is 1. The van der Waals surface area contributed by atoms with Crippen molar-refractivity contribution in [2.75, 3.05) is 6.61 Å². The van der Waals surface area contributed by atoms with Crippen molar-refractivity contribution in [1.29, 1.82) is 5.26 Å². The number of carbonyl (C=O) groups excluding carboxylic acids is 2. The third-order valence-corrected chi connectivity index (χ3v) is 4.83. The number of rotatable bonds is 6. The van der Waals surface area contributed by atoms with E-state index in [4.69, 9.17) is 9.15 Å². The lowest BCUT2D eigenvalue weighted by Gasteiger charge is -2.27. The van der Waals surface area contributed by atoms with Gasteiger partial charge in [0.05, 0.1) is 18.8 Å². The molecule has 0 saturated heterocycles. The van der Waals surface area contributed by atoms with Gasteiger partial charge < -0.3 is 14.5 Å². The molecule has 1 N–H and O–H groups in total. The van der Waals surface area contributed by atoms with Crippen LogP contribution in [0.5, 0.6) is 0 Å². The monoisotopic (exact) mass is 356 g/mol. The van der Waals surface area contributed by atoms with E-state index in [1.807, 2.05) is 39.8 Å². The predicted molar refractivity (Wildman–Crippen MR) is 97.3 cm³/mol. The molecular weight excluding hydrogens is 332 g/mol. The van der Waals surface area contributed by atoms with E-state index in [9.17, 15) is 14.9 Å². The molecule has 1 aromatic carbocycles. The van der Waals surface area contributed by atoms with Crippen LogP contribution in [0.25, 0.3) is 11.0 Å². The number of nitrogens with zero attached hydrogens (tertiary/aromatic N) is 1. The molecule has 0 saturated carbocycles. The van der Waals surface area contributed by atoms with E-state index < -0.39 is 24.0 Å². The number of nitriles is 1. The summed E-state index contributed by atoms with van der Waals surface area (Å²) in [5.41, 5.74) is 2.62. The van der Waals surface area contributed by atoms with Crippen LogP contribution >= 0.6 is 0 Å². The van der Waals surface area contributed by atoms with E-state index in [-0.39, 0.29) is 12.3 Å². The fourth-order valence-corrected chi connectivity index (χ4v) is 2.50. The van der Waals surface area contributed by atoms with E-state index in [0.29, 0.717) is 0 Å². The first-order valence-corrected chi connectivity index (χ1v) is 8.52. The maximum Gasteiger partial charge on any atom is 0.310 e. The number of amides is 1. The number of esters is 1. The van der Waals surface area contributed by atoms with Crippen molar-refractivity contribution < 1.29 is 18.7 Å². The minimum absolute atomic E-state index is 0.0163. The average molecular weight is 356 g/mol. The normalized spacial score (nSPS) is 13.3. The van der Waals surface area contributed by atoms with Gasteiger partial charge in [0.1, 0.15) is 11.1 Å².